The molecule has 0 spiro atoms. The second kappa shape index (κ2) is 4.61. The van der Waals surface area contributed by atoms with Crippen LogP contribution < -0.4 is 0 Å². The molecule has 16 heavy (non-hydrogen) atoms. The third-order valence-corrected chi connectivity index (χ3v) is 3.00. The Balaban J connectivity index is 3.45. The molecule has 0 N–H and O–H groups in total. The van der Waals surface area contributed by atoms with Crippen molar-refractivity contribution in [3.8, 4) is 0 Å². The predicted octanol–water partition coefficient (Wildman–Crippen LogP) is 1.69. The minimum absolute atomic E-state index is 0.274. The highest BCUT2D eigenvalue weighted by atomic mass is 32.3. The largest absolute Gasteiger partial charge is 0.465 e. The molecule has 0 heterocycles. The maximum Gasteiger partial charge on any atom is 0.339 e. The third kappa shape index (κ3) is 2.57. The molecule has 0 aliphatic rings. The maximum absolute atomic E-state index is 12.9. The summed E-state index contributed by atoms with van der Waals surface area (Å²) in [5.74, 6) is -0.869. The van der Waals surface area contributed by atoms with Gasteiger partial charge in [-0.1, -0.05) is 13.0 Å². The van der Waals surface area contributed by atoms with Gasteiger partial charge in [-0.25, -0.2) is 4.79 Å². The van der Waals surface area contributed by atoms with Crippen LogP contribution in [0.5, 0.6) is 0 Å². The third-order valence-electron chi connectivity index (χ3n) is 2.12. The molecule has 0 aliphatic carbocycles. The summed E-state index contributed by atoms with van der Waals surface area (Å²) in [6.45, 7) is 1.83. The van der Waals surface area contributed by atoms with Gasteiger partial charge in [-0.3, -0.25) is 0 Å². The van der Waals surface area contributed by atoms with Crippen molar-refractivity contribution in [3.05, 3.63) is 29.3 Å². The first-order valence-electron chi connectivity index (χ1n) is 4.56. The van der Waals surface area contributed by atoms with Crippen LogP contribution in [0.25, 0.3) is 0 Å². The second-order valence-corrected chi connectivity index (χ2v) is 4.43. The van der Waals surface area contributed by atoms with E-state index in [0.29, 0.717) is 6.42 Å². The van der Waals surface area contributed by atoms with E-state index in [4.69, 9.17) is 0 Å². The Bertz CT molecular complexity index is 508. The zero-order chi connectivity index (χ0) is 12.3. The molecule has 0 saturated heterocycles. The van der Waals surface area contributed by atoms with Crippen LogP contribution in [-0.2, 0) is 21.4 Å². The zero-order valence-electron chi connectivity index (χ0n) is 8.86. The summed E-state index contributed by atoms with van der Waals surface area (Å²) in [4.78, 5) is 10.6. The summed E-state index contributed by atoms with van der Waals surface area (Å²) in [7, 11) is -3.81. The van der Waals surface area contributed by atoms with E-state index < -0.39 is 21.1 Å². The number of ether oxygens (including phenoxy) is 1. The number of halogens is 1. The fourth-order valence-corrected chi connectivity index (χ4v) is 1.91. The molecular weight excluding hydrogens is 235 g/mol. The van der Waals surface area contributed by atoms with Crippen LogP contribution in [0.2, 0.25) is 0 Å². The SMILES string of the molecule is CCc1ccc(S(=O)(=O)F)c(C(=O)OC)c1. The van der Waals surface area contributed by atoms with Gasteiger partial charge in [0.1, 0.15) is 4.90 Å². The molecule has 0 saturated carbocycles. The lowest BCUT2D eigenvalue weighted by Crippen LogP contribution is -2.08. The maximum atomic E-state index is 12.9. The van der Waals surface area contributed by atoms with Gasteiger partial charge in [-0.15, -0.1) is 3.89 Å². The highest BCUT2D eigenvalue weighted by Crippen LogP contribution is 2.20. The van der Waals surface area contributed by atoms with Crippen LogP contribution in [0, 0.1) is 0 Å². The summed E-state index contributed by atoms with van der Waals surface area (Å²) < 4.78 is 38.9. The molecular formula is C10H11FO4S. The van der Waals surface area contributed by atoms with Crippen molar-refractivity contribution in [2.45, 2.75) is 18.2 Å². The van der Waals surface area contributed by atoms with Gasteiger partial charge in [0, 0.05) is 0 Å². The molecule has 0 aromatic heterocycles. The molecule has 1 rings (SSSR count). The fraction of sp³-hybridized carbons (Fsp3) is 0.300. The van der Waals surface area contributed by atoms with E-state index in [2.05, 4.69) is 4.74 Å². The smallest absolute Gasteiger partial charge is 0.339 e. The van der Waals surface area contributed by atoms with Crippen LogP contribution in [0.3, 0.4) is 0 Å². The lowest BCUT2D eigenvalue weighted by atomic mass is 10.1. The first-order chi connectivity index (χ1) is 7.40. The molecule has 0 aliphatic heterocycles. The van der Waals surface area contributed by atoms with Crippen LogP contribution in [0.15, 0.2) is 23.1 Å². The molecule has 6 heteroatoms. The summed E-state index contributed by atoms with van der Waals surface area (Å²) in [6.07, 6.45) is 0.608. The van der Waals surface area contributed by atoms with Crippen molar-refractivity contribution < 1.29 is 21.8 Å². The number of rotatable bonds is 3. The van der Waals surface area contributed by atoms with Gasteiger partial charge in [-0.2, -0.15) is 8.42 Å². The van der Waals surface area contributed by atoms with Crippen LogP contribution >= 0.6 is 0 Å². The molecule has 1 aromatic carbocycles. The topological polar surface area (TPSA) is 60.4 Å². The Hall–Kier alpha value is -1.43. The number of aryl methyl sites for hydroxylation is 1. The Morgan fingerprint density at radius 1 is 1.44 bits per heavy atom. The summed E-state index contributed by atoms with van der Waals surface area (Å²) in [5, 5.41) is 0. The van der Waals surface area contributed by atoms with E-state index >= 15 is 0 Å². The van der Waals surface area contributed by atoms with Crippen molar-refractivity contribution in [2.75, 3.05) is 7.11 Å². The van der Waals surface area contributed by atoms with Gasteiger partial charge >= 0.3 is 16.2 Å². The monoisotopic (exact) mass is 246 g/mol. The molecule has 88 valence electrons. The summed E-state index contributed by atoms with van der Waals surface area (Å²) >= 11 is 0. The quantitative estimate of drug-likeness (QED) is 0.601. The Labute approximate surface area is 93.3 Å². The van der Waals surface area contributed by atoms with Gasteiger partial charge in [0.25, 0.3) is 0 Å². The molecule has 0 atom stereocenters. The van der Waals surface area contributed by atoms with Gasteiger partial charge in [0.05, 0.1) is 12.7 Å². The van der Waals surface area contributed by atoms with Crippen LogP contribution in [0.4, 0.5) is 3.89 Å². The minimum atomic E-state index is -4.91. The normalized spacial score (nSPS) is 11.2. The molecule has 4 nitrogen and oxygen atoms in total. The van der Waals surface area contributed by atoms with Crippen molar-refractivity contribution in [1.82, 2.24) is 0 Å². The molecule has 0 radical (unpaired) electrons. The van der Waals surface area contributed by atoms with Crippen molar-refractivity contribution in [3.63, 3.8) is 0 Å². The lowest BCUT2D eigenvalue weighted by Gasteiger charge is -2.06. The van der Waals surface area contributed by atoms with E-state index in [1.165, 1.54) is 12.1 Å². The first-order valence-corrected chi connectivity index (χ1v) is 5.94. The van der Waals surface area contributed by atoms with E-state index in [-0.39, 0.29) is 5.56 Å². The van der Waals surface area contributed by atoms with Gasteiger partial charge in [-0.05, 0) is 24.1 Å². The number of hydrogen-bond acceptors (Lipinski definition) is 4. The number of benzene rings is 1. The summed E-state index contributed by atoms with van der Waals surface area (Å²) in [5.41, 5.74) is 0.456. The zero-order valence-corrected chi connectivity index (χ0v) is 9.67. The molecule has 1 aromatic rings. The standard InChI is InChI=1S/C10H11FO4S/c1-3-7-4-5-9(16(11,13)14)8(6-7)10(12)15-2/h4-6H,3H2,1-2H3. The van der Waals surface area contributed by atoms with E-state index in [1.807, 2.05) is 6.92 Å². The Kier molecular flexibility index (Phi) is 3.64. The number of esters is 1. The predicted molar refractivity (Wildman–Crippen MR) is 55.5 cm³/mol. The lowest BCUT2D eigenvalue weighted by molar-refractivity contribution is 0.0596. The average molecular weight is 246 g/mol. The molecule has 0 unspecified atom stereocenters. The Morgan fingerprint density at radius 2 is 2.06 bits per heavy atom. The summed E-state index contributed by atoms with van der Waals surface area (Å²) in [6, 6.07) is 3.84. The van der Waals surface area contributed by atoms with E-state index in [1.54, 1.807) is 0 Å². The molecule has 0 fully saturated rings. The van der Waals surface area contributed by atoms with Gasteiger partial charge in [0.15, 0.2) is 0 Å². The average Bonchev–Trinajstić information content (AvgIpc) is 2.25. The van der Waals surface area contributed by atoms with Crippen molar-refractivity contribution in [2.24, 2.45) is 0 Å². The number of carbonyl (C=O) groups excluding carboxylic acids is 1. The number of methoxy groups -OCH3 is 1. The molecule has 0 bridgehead atoms. The second-order valence-electron chi connectivity index (χ2n) is 3.11. The number of carbonyl (C=O) groups is 1. The minimum Gasteiger partial charge on any atom is -0.465 e. The van der Waals surface area contributed by atoms with Crippen LogP contribution in [-0.4, -0.2) is 21.5 Å². The Morgan fingerprint density at radius 3 is 2.50 bits per heavy atom. The fourth-order valence-electron chi connectivity index (χ4n) is 1.28. The van der Waals surface area contributed by atoms with E-state index in [9.17, 15) is 17.1 Å². The van der Waals surface area contributed by atoms with Crippen LogP contribution in [0.1, 0.15) is 22.8 Å². The van der Waals surface area contributed by atoms with Gasteiger partial charge < -0.3 is 4.74 Å². The molecule has 0 amide bonds. The first kappa shape index (κ1) is 12.6. The van der Waals surface area contributed by atoms with E-state index in [0.717, 1.165) is 18.7 Å². The van der Waals surface area contributed by atoms with Gasteiger partial charge in [0.2, 0.25) is 0 Å². The van der Waals surface area contributed by atoms with Crippen molar-refractivity contribution in [1.29, 1.82) is 0 Å². The highest BCUT2D eigenvalue weighted by Gasteiger charge is 2.22. The highest BCUT2D eigenvalue weighted by molar-refractivity contribution is 7.86. The number of hydrogen-bond donors (Lipinski definition) is 0. The van der Waals surface area contributed by atoms with Crippen molar-refractivity contribution >= 4 is 16.2 Å².